The first-order chi connectivity index (χ1) is 10.0. The number of rotatable bonds is 3. The van der Waals surface area contributed by atoms with Crippen LogP contribution in [-0.2, 0) is 28.5 Å². The van der Waals surface area contributed by atoms with Gasteiger partial charge >= 0.3 is 11.9 Å². The summed E-state index contributed by atoms with van der Waals surface area (Å²) in [4.78, 5) is 22.4. The fraction of sp³-hybridized carbons (Fsp3) is 0.750. The van der Waals surface area contributed by atoms with E-state index in [-0.39, 0.29) is 6.10 Å². The van der Waals surface area contributed by atoms with E-state index in [0.717, 1.165) is 0 Å². The van der Waals surface area contributed by atoms with E-state index in [0.29, 0.717) is 6.42 Å². The molecule has 22 heavy (non-hydrogen) atoms. The number of ether oxygens (including phenoxy) is 4. The molecule has 1 rings (SSSR count). The van der Waals surface area contributed by atoms with Crippen molar-refractivity contribution in [2.24, 2.45) is 0 Å². The van der Waals surface area contributed by atoms with Gasteiger partial charge in [0.25, 0.3) is 3.79 Å². The third-order valence-electron chi connectivity index (χ3n) is 2.68. The van der Waals surface area contributed by atoms with Crippen LogP contribution < -0.4 is 0 Å². The molecule has 1 saturated heterocycles. The Labute approximate surface area is 142 Å². The van der Waals surface area contributed by atoms with Gasteiger partial charge in [-0.05, 0) is 6.92 Å². The molecule has 1 heterocycles. The number of carbonyl (C=O) groups is 2. The molecule has 1 aliphatic heterocycles. The van der Waals surface area contributed by atoms with Gasteiger partial charge in [-0.15, -0.1) is 0 Å². The van der Waals surface area contributed by atoms with Crippen molar-refractivity contribution in [1.29, 1.82) is 5.41 Å². The zero-order valence-electron chi connectivity index (χ0n) is 12.1. The summed E-state index contributed by atoms with van der Waals surface area (Å²) in [6.45, 7) is 4.11. The number of carbonyl (C=O) groups excluding carboxylic acids is 2. The normalized spacial score (nSPS) is 28.6. The van der Waals surface area contributed by atoms with E-state index in [4.69, 9.17) is 59.2 Å². The number of alkyl halides is 3. The molecule has 0 saturated carbocycles. The van der Waals surface area contributed by atoms with E-state index in [1.165, 1.54) is 13.8 Å². The van der Waals surface area contributed by atoms with Crippen LogP contribution in [-0.4, -0.2) is 46.2 Å². The molecular weight excluding hydrogens is 360 g/mol. The number of hydrogen-bond acceptors (Lipinski definition) is 7. The largest absolute Gasteiger partial charge is 0.458 e. The van der Waals surface area contributed by atoms with Crippen molar-refractivity contribution in [1.82, 2.24) is 0 Å². The first-order valence-corrected chi connectivity index (χ1v) is 7.46. The van der Waals surface area contributed by atoms with Crippen molar-refractivity contribution in [2.75, 3.05) is 0 Å². The minimum Gasteiger partial charge on any atom is -0.458 e. The molecule has 0 amide bonds. The molecule has 10 heteroatoms. The Morgan fingerprint density at radius 1 is 1.14 bits per heavy atom. The Balaban J connectivity index is 2.95. The predicted molar refractivity (Wildman–Crippen MR) is 79.2 cm³/mol. The summed E-state index contributed by atoms with van der Waals surface area (Å²) >= 11 is 16.6. The van der Waals surface area contributed by atoms with Crippen molar-refractivity contribution in [3.8, 4) is 0 Å². The second kappa shape index (κ2) is 7.68. The molecule has 0 aromatic heterocycles. The lowest BCUT2D eigenvalue weighted by molar-refractivity contribution is -0.250. The smallest absolute Gasteiger partial charge is 0.303 e. The SMILES string of the molecule is CC(=O)O[C@H]1[C@@H](OC(=N)C(Cl)(Cl)Cl)O[C@H](C)C[C@@H]1OC(C)=O. The lowest BCUT2D eigenvalue weighted by Gasteiger charge is -2.39. The van der Waals surface area contributed by atoms with Gasteiger partial charge in [0.05, 0.1) is 6.10 Å². The van der Waals surface area contributed by atoms with Gasteiger partial charge in [-0.1, -0.05) is 34.8 Å². The lowest BCUT2D eigenvalue weighted by Crippen LogP contribution is -2.53. The van der Waals surface area contributed by atoms with Crippen molar-refractivity contribution in [2.45, 2.75) is 55.6 Å². The van der Waals surface area contributed by atoms with Crippen LogP contribution in [0.4, 0.5) is 0 Å². The number of halogens is 3. The van der Waals surface area contributed by atoms with E-state index in [9.17, 15) is 9.59 Å². The topological polar surface area (TPSA) is 94.9 Å². The highest BCUT2D eigenvalue weighted by atomic mass is 35.6. The van der Waals surface area contributed by atoms with Crippen LogP contribution in [0.25, 0.3) is 0 Å². The third kappa shape index (κ3) is 5.79. The van der Waals surface area contributed by atoms with Crippen LogP contribution in [0.5, 0.6) is 0 Å². The Morgan fingerprint density at radius 3 is 2.14 bits per heavy atom. The summed E-state index contributed by atoms with van der Waals surface area (Å²) in [5.41, 5.74) is 0. The van der Waals surface area contributed by atoms with Gasteiger partial charge < -0.3 is 18.9 Å². The average Bonchev–Trinajstić information content (AvgIpc) is 2.30. The maximum Gasteiger partial charge on any atom is 0.303 e. The van der Waals surface area contributed by atoms with Crippen LogP contribution >= 0.6 is 34.8 Å². The second-order valence-electron chi connectivity index (χ2n) is 4.72. The highest BCUT2D eigenvalue weighted by Crippen LogP contribution is 2.32. The van der Waals surface area contributed by atoms with Crippen LogP contribution in [0.3, 0.4) is 0 Å². The van der Waals surface area contributed by atoms with Crippen LogP contribution in [0.2, 0.25) is 0 Å². The molecule has 1 aliphatic rings. The van der Waals surface area contributed by atoms with Gasteiger partial charge in [0.2, 0.25) is 18.3 Å². The van der Waals surface area contributed by atoms with Gasteiger partial charge in [0, 0.05) is 20.3 Å². The van der Waals surface area contributed by atoms with Gasteiger partial charge in [-0.2, -0.15) is 0 Å². The standard InChI is InChI=1S/C12H16Cl3NO6/c1-5-4-8(20-6(2)17)9(21-7(3)18)10(19-5)22-11(16)12(13,14)15/h5,8-10,16H,4H2,1-3H3/t5-,8+,9-,10-/m1/s1. The number of hydrogen-bond donors (Lipinski definition) is 1. The van der Waals surface area contributed by atoms with Crippen LogP contribution in [0.15, 0.2) is 0 Å². The van der Waals surface area contributed by atoms with Crippen molar-refractivity contribution in [3.63, 3.8) is 0 Å². The van der Waals surface area contributed by atoms with Gasteiger partial charge in [-0.25, -0.2) is 0 Å². The zero-order chi connectivity index (χ0) is 17.1. The predicted octanol–water partition coefficient (Wildman–Crippen LogP) is 2.35. The maximum absolute atomic E-state index is 11.2. The summed E-state index contributed by atoms with van der Waals surface area (Å²) in [5.74, 6) is -1.88. The van der Waals surface area contributed by atoms with Crippen LogP contribution in [0, 0.1) is 5.41 Å². The third-order valence-corrected chi connectivity index (χ3v) is 3.19. The first-order valence-electron chi connectivity index (χ1n) is 6.33. The highest BCUT2D eigenvalue weighted by Gasteiger charge is 2.45. The molecule has 1 N–H and O–H groups in total. The molecule has 0 bridgehead atoms. The lowest BCUT2D eigenvalue weighted by atomic mass is 10.0. The molecule has 126 valence electrons. The van der Waals surface area contributed by atoms with E-state index in [2.05, 4.69) is 0 Å². The summed E-state index contributed by atoms with van der Waals surface area (Å²) in [6.07, 6.45) is -3.20. The summed E-state index contributed by atoms with van der Waals surface area (Å²) in [6, 6.07) is 0. The minimum atomic E-state index is -2.10. The van der Waals surface area contributed by atoms with Crippen molar-refractivity contribution >= 4 is 52.6 Å². The Bertz CT molecular complexity index is 453. The van der Waals surface area contributed by atoms with E-state index >= 15 is 0 Å². The van der Waals surface area contributed by atoms with E-state index < -0.39 is 40.1 Å². The molecular formula is C12H16Cl3NO6. The van der Waals surface area contributed by atoms with E-state index in [1.807, 2.05) is 0 Å². The zero-order valence-corrected chi connectivity index (χ0v) is 14.4. The summed E-state index contributed by atoms with van der Waals surface area (Å²) < 4.78 is 18.7. The molecule has 0 aliphatic carbocycles. The molecule has 0 radical (unpaired) electrons. The summed E-state index contributed by atoms with van der Waals surface area (Å²) in [5, 5.41) is 7.58. The van der Waals surface area contributed by atoms with Gasteiger partial charge in [0.1, 0.15) is 6.10 Å². The fourth-order valence-corrected chi connectivity index (χ4v) is 2.06. The average molecular weight is 377 g/mol. The molecule has 0 spiro atoms. The Hall–Kier alpha value is -0.760. The molecule has 1 fully saturated rings. The fourth-order valence-electron chi connectivity index (χ4n) is 1.93. The van der Waals surface area contributed by atoms with Crippen LogP contribution in [0.1, 0.15) is 27.2 Å². The molecule has 0 aromatic carbocycles. The van der Waals surface area contributed by atoms with Gasteiger partial charge in [0.15, 0.2) is 0 Å². The monoisotopic (exact) mass is 375 g/mol. The Morgan fingerprint density at radius 2 is 1.68 bits per heavy atom. The first kappa shape index (κ1) is 19.3. The molecule has 0 unspecified atom stereocenters. The van der Waals surface area contributed by atoms with Gasteiger partial charge in [-0.3, -0.25) is 15.0 Å². The quantitative estimate of drug-likeness (QED) is 0.352. The number of esters is 2. The van der Waals surface area contributed by atoms with E-state index in [1.54, 1.807) is 6.92 Å². The maximum atomic E-state index is 11.2. The molecule has 4 atom stereocenters. The minimum absolute atomic E-state index is 0.290. The van der Waals surface area contributed by atoms with Crippen molar-refractivity contribution < 1.29 is 28.5 Å². The highest BCUT2D eigenvalue weighted by molar-refractivity contribution is 6.76. The summed E-state index contributed by atoms with van der Waals surface area (Å²) in [7, 11) is 0. The molecule has 7 nitrogen and oxygen atoms in total. The molecule has 0 aromatic rings. The van der Waals surface area contributed by atoms with Crippen molar-refractivity contribution in [3.05, 3.63) is 0 Å². The number of nitrogens with one attached hydrogen (secondary N) is 1. The Kier molecular flexibility index (Phi) is 6.73. The second-order valence-corrected chi connectivity index (χ2v) is 7.00.